The van der Waals surface area contributed by atoms with Gasteiger partial charge in [0.15, 0.2) is 0 Å². The molecule has 0 aromatic rings. The van der Waals surface area contributed by atoms with Crippen molar-refractivity contribution in [1.29, 1.82) is 0 Å². The second-order valence-electron chi connectivity index (χ2n) is 7.93. The lowest BCUT2D eigenvalue weighted by atomic mass is 10.2. The second-order valence-corrected chi connectivity index (χ2v) is 15.1. The first-order chi connectivity index (χ1) is 13.3. The molecule has 0 saturated carbocycles. The Bertz CT molecular complexity index is 393. The average Bonchev–Trinajstić information content (AvgIpc) is 2.64. The van der Waals surface area contributed by atoms with Crippen molar-refractivity contribution in [1.82, 2.24) is 0 Å². The zero-order chi connectivity index (χ0) is 21.6. The van der Waals surface area contributed by atoms with Crippen LogP contribution in [0.2, 0.25) is 23.7 Å². The summed E-state index contributed by atoms with van der Waals surface area (Å²) in [5.74, 6) is -0.381. The van der Waals surface area contributed by atoms with Gasteiger partial charge >= 0.3 is 8.80 Å². The number of hydrogen-bond acceptors (Lipinski definition) is 5. The van der Waals surface area contributed by atoms with Crippen LogP contribution in [0.3, 0.4) is 0 Å². The molecule has 7 heteroatoms. The van der Waals surface area contributed by atoms with Gasteiger partial charge in [0.1, 0.15) is 0 Å². The topological polar surface area (TPSA) is 54.0 Å². The standard InChI is InChI=1S/C21H46O5Si2/c1-9-14-16-27(19(6)7,17-15-10-2)26-21(22)20(8)18-28(23-11-3,24-12-4)25-13-5/h19-20H,9-18H2,1-8H3. The van der Waals surface area contributed by atoms with E-state index in [9.17, 15) is 4.79 Å². The molecule has 0 bridgehead atoms. The summed E-state index contributed by atoms with van der Waals surface area (Å²) in [6.45, 7) is 18.2. The van der Waals surface area contributed by atoms with E-state index >= 15 is 0 Å². The lowest BCUT2D eigenvalue weighted by Gasteiger charge is -2.36. The minimum absolute atomic E-state index is 0.0939. The average molecular weight is 435 g/mol. The van der Waals surface area contributed by atoms with Crippen LogP contribution in [0.25, 0.3) is 0 Å². The molecule has 5 nitrogen and oxygen atoms in total. The third-order valence-corrected chi connectivity index (χ3v) is 13.7. The van der Waals surface area contributed by atoms with Gasteiger partial charge in [0.05, 0.1) is 5.92 Å². The lowest BCUT2D eigenvalue weighted by molar-refractivity contribution is -0.139. The molecule has 0 rings (SSSR count). The number of carbonyl (C=O) groups is 1. The van der Waals surface area contributed by atoms with Gasteiger partial charge in [0.2, 0.25) is 0 Å². The summed E-state index contributed by atoms with van der Waals surface area (Å²) in [6, 6.07) is 2.60. The van der Waals surface area contributed by atoms with Gasteiger partial charge in [0, 0.05) is 25.9 Å². The summed E-state index contributed by atoms with van der Waals surface area (Å²) in [6.07, 6.45) is 4.53. The third kappa shape index (κ3) is 9.07. The Kier molecular flexibility index (Phi) is 14.6. The molecule has 0 aromatic carbocycles. The summed E-state index contributed by atoms with van der Waals surface area (Å²) in [4.78, 5) is 13.1. The third-order valence-electron chi connectivity index (χ3n) is 5.31. The van der Waals surface area contributed by atoms with Crippen molar-refractivity contribution < 1.29 is 22.5 Å². The molecule has 168 valence electrons. The van der Waals surface area contributed by atoms with Gasteiger partial charge in [-0.15, -0.1) is 0 Å². The highest BCUT2D eigenvalue weighted by atomic mass is 28.4. The van der Waals surface area contributed by atoms with Gasteiger partial charge in [-0.3, -0.25) is 4.79 Å². The summed E-state index contributed by atoms with van der Waals surface area (Å²) in [7, 11) is -4.99. The zero-order valence-corrected chi connectivity index (χ0v) is 21.8. The van der Waals surface area contributed by atoms with E-state index in [2.05, 4.69) is 27.7 Å². The molecule has 0 aliphatic carbocycles. The first kappa shape index (κ1) is 27.8. The van der Waals surface area contributed by atoms with Gasteiger partial charge < -0.3 is 17.7 Å². The van der Waals surface area contributed by atoms with Crippen LogP contribution in [0.4, 0.5) is 0 Å². The van der Waals surface area contributed by atoms with Gasteiger partial charge in [0.25, 0.3) is 14.3 Å². The quantitative estimate of drug-likeness (QED) is 0.256. The Labute approximate surface area is 176 Å². The highest BCUT2D eigenvalue weighted by Crippen LogP contribution is 2.35. The van der Waals surface area contributed by atoms with Crippen LogP contribution in [-0.4, -0.2) is 42.9 Å². The first-order valence-electron chi connectivity index (χ1n) is 11.4. The van der Waals surface area contributed by atoms with Crippen molar-refractivity contribution in [2.45, 2.75) is 105 Å². The molecule has 1 unspecified atom stereocenters. The van der Waals surface area contributed by atoms with Crippen molar-refractivity contribution in [3.63, 3.8) is 0 Å². The van der Waals surface area contributed by atoms with Gasteiger partial charge in [-0.05, 0) is 38.4 Å². The molecule has 0 aliphatic rings. The predicted molar refractivity (Wildman–Crippen MR) is 121 cm³/mol. The molecule has 0 heterocycles. The van der Waals surface area contributed by atoms with Crippen LogP contribution in [0.15, 0.2) is 0 Å². The maximum absolute atomic E-state index is 13.1. The molecule has 0 aromatic heterocycles. The highest BCUT2D eigenvalue weighted by molar-refractivity contribution is 6.76. The molecule has 0 N–H and O–H groups in total. The predicted octanol–water partition coefficient (Wildman–Crippen LogP) is 6.17. The number of rotatable bonds is 17. The number of unbranched alkanes of at least 4 members (excludes halogenated alkanes) is 2. The van der Waals surface area contributed by atoms with Crippen LogP contribution in [0.5, 0.6) is 0 Å². The summed E-state index contributed by atoms with van der Waals surface area (Å²) < 4.78 is 24.2. The monoisotopic (exact) mass is 434 g/mol. The molecule has 0 fully saturated rings. The second kappa shape index (κ2) is 14.7. The van der Waals surface area contributed by atoms with Crippen molar-refractivity contribution in [2.75, 3.05) is 19.8 Å². The maximum atomic E-state index is 13.1. The Hall–Kier alpha value is -0.216. The van der Waals surface area contributed by atoms with Gasteiger partial charge in [-0.25, -0.2) is 0 Å². The molecule has 0 radical (unpaired) electrons. The van der Waals surface area contributed by atoms with Crippen molar-refractivity contribution in [3.8, 4) is 0 Å². The lowest BCUT2D eigenvalue weighted by Crippen LogP contribution is -2.50. The van der Waals surface area contributed by atoms with E-state index in [-0.39, 0.29) is 11.9 Å². The van der Waals surface area contributed by atoms with Crippen LogP contribution in [-0.2, 0) is 22.5 Å². The van der Waals surface area contributed by atoms with E-state index in [0.29, 0.717) is 31.4 Å². The summed E-state index contributed by atoms with van der Waals surface area (Å²) in [5.41, 5.74) is 0.425. The minimum atomic E-state index is -2.86. The Morgan fingerprint density at radius 3 is 1.54 bits per heavy atom. The Balaban J connectivity index is 5.39. The first-order valence-corrected chi connectivity index (χ1v) is 15.7. The minimum Gasteiger partial charge on any atom is -0.519 e. The highest BCUT2D eigenvalue weighted by Gasteiger charge is 2.46. The fourth-order valence-corrected chi connectivity index (χ4v) is 10.8. The van der Waals surface area contributed by atoms with E-state index in [1.165, 1.54) is 0 Å². The van der Waals surface area contributed by atoms with Crippen LogP contribution < -0.4 is 0 Å². The molecule has 28 heavy (non-hydrogen) atoms. The number of hydrogen-bond donors (Lipinski definition) is 0. The van der Waals surface area contributed by atoms with E-state index in [0.717, 1.165) is 37.8 Å². The summed E-state index contributed by atoms with van der Waals surface area (Å²) in [5, 5.41) is 0. The Morgan fingerprint density at radius 2 is 1.21 bits per heavy atom. The summed E-state index contributed by atoms with van der Waals surface area (Å²) >= 11 is 0. The normalized spacial score (nSPS) is 13.8. The number of carbonyl (C=O) groups excluding carboxylic acids is 1. The van der Waals surface area contributed by atoms with E-state index in [4.69, 9.17) is 17.7 Å². The van der Waals surface area contributed by atoms with Gasteiger partial charge in [-0.1, -0.05) is 60.3 Å². The van der Waals surface area contributed by atoms with Crippen LogP contribution in [0.1, 0.15) is 81.1 Å². The molecular weight excluding hydrogens is 388 g/mol. The van der Waals surface area contributed by atoms with E-state index in [1.54, 1.807) is 0 Å². The fraction of sp³-hybridized carbons (Fsp3) is 0.952. The maximum Gasteiger partial charge on any atom is 0.501 e. The largest absolute Gasteiger partial charge is 0.519 e. The molecule has 0 amide bonds. The van der Waals surface area contributed by atoms with E-state index < -0.39 is 17.1 Å². The SMILES string of the molecule is CCCC[Si](CCCC)(OC(=O)C(C)C[Si](OCC)(OCC)OCC)C(C)C. The van der Waals surface area contributed by atoms with Crippen LogP contribution >= 0.6 is 0 Å². The molecule has 1 atom stereocenters. The van der Waals surface area contributed by atoms with Crippen molar-refractivity contribution in [3.05, 3.63) is 0 Å². The molecule has 0 saturated heterocycles. The zero-order valence-electron chi connectivity index (χ0n) is 19.8. The van der Waals surface area contributed by atoms with Crippen molar-refractivity contribution in [2.24, 2.45) is 5.92 Å². The molecule has 0 spiro atoms. The van der Waals surface area contributed by atoms with E-state index in [1.807, 2.05) is 27.7 Å². The fourth-order valence-electron chi connectivity index (χ4n) is 3.60. The van der Waals surface area contributed by atoms with Crippen molar-refractivity contribution >= 4 is 23.1 Å². The molecule has 0 aliphatic heterocycles. The Morgan fingerprint density at radius 1 is 0.786 bits per heavy atom. The van der Waals surface area contributed by atoms with Crippen LogP contribution in [0, 0.1) is 5.92 Å². The molecular formula is C21H46O5Si2. The smallest absolute Gasteiger partial charge is 0.501 e. The van der Waals surface area contributed by atoms with Gasteiger partial charge in [-0.2, -0.15) is 0 Å².